The Bertz CT molecular complexity index is 1290. The second kappa shape index (κ2) is 12.7. The molecule has 0 unspecified atom stereocenters. The summed E-state index contributed by atoms with van der Waals surface area (Å²) in [4.78, 5) is 12.7. The summed E-state index contributed by atoms with van der Waals surface area (Å²) in [6.07, 6.45) is 5.53. The lowest BCUT2D eigenvalue weighted by atomic mass is 10.1. The Morgan fingerprint density at radius 3 is 2.43 bits per heavy atom. The number of aryl methyl sites for hydroxylation is 1. The quantitative estimate of drug-likeness (QED) is 0.237. The van der Waals surface area contributed by atoms with Gasteiger partial charge in [-0.05, 0) is 67.8 Å². The number of nitrogens with one attached hydrogen (secondary N) is 1. The fourth-order valence-corrected chi connectivity index (χ4v) is 3.86. The number of benzene rings is 2. The summed E-state index contributed by atoms with van der Waals surface area (Å²) in [6.45, 7) is 7.91. The minimum Gasteiger partial charge on any atom is -0.490 e. The van der Waals surface area contributed by atoms with E-state index in [2.05, 4.69) is 29.5 Å². The third-order valence-electron chi connectivity index (χ3n) is 5.57. The van der Waals surface area contributed by atoms with Crippen molar-refractivity contribution in [1.29, 1.82) is 0 Å². The number of hydrogen-bond acceptors (Lipinski definition) is 6. The van der Waals surface area contributed by atoms with Crippen LogP contribution in [0, 0.1) is 0 Å². The molecule has 0 aliphatic carbocycles. The maximum atomic E-state index is 12.7. The van der Waals surface area contributed by atoms with Crippen LogP contribution in [0.15, 0.2) is 71.4 Å². The van der Waals surface area contributed by atoms with Gasteiger partial charge in [0, 0.05) is 6.20 Å². The highest BCUT2D eigenvalue weighted by molar-refractivity contribution is 6.02. The van der Waals surface area contributed by atoms with E-state index in [0.29, 0.717) is 37.0 Å². The standard InChI is InChI=1S/C29H33N3O5/c1-4-7-21-8-11-24(12-9-21)36-20-25-13-15-27(37-25)29(33)31-23-17-30-32(19-23)18-22-10-14-26(34-5-2)28(16-22)35-6-3/h8-17,19H,4-7,18,20H2,1-3H3,(H,31,33). The molecule has 0 spiro atoms. The molecule has 2 aromatic heterocycles. The zero-order chi connectivity index (χ0) is 26.0. The Labute approximate surface area is 217 Å². The van der Waals surface area contributed by atoms with Crippen LogP contribution >= 0.6 is 0 Å². The molecule has 1 amide bonds. The van der Waals surface area contributed by atoms with Crippen LogP contribution in [-0.4, -0.2) is 28.9 Å². The minimum atomic E-state index is -0.352. The number of carbonyl (C=O) groups excluding carboxylic acids is 1. The Balaban J connectivity index is 1.31. The summed E-state index contributed by atoms with van der Waals surface area (Å²) < 4.78 is 24.5. The van der Waals surface area contributed by atoms with Crippen molar-refractivity contribution in [1.82, 2.24) is 9.78 Å². The lowest BCUT2D eigenvalue weighted by molar-refractivity contribution is 0.0992. The SMILES string of the molecule is CCCc1ccc(OCc2ccc(C(=O)Nc3cnn(Cc4ccc(OCC)c(OCC)c4)c3)o2)cc1. The van der Waals surface area contributed by atoms with Gasteiger partial charge in [0.05, 0.1) is 31.6 Å². The highest BCUT2D eigenvalue weighted by Gasteiger charge is 2.14. The predicted molar refractivity (Wildman–Crippen MR) is 142 cm³/mol. The molecule has 0 atom stereocenters. The van der Waals surface area contributed by atoms with Crippen molar-refractivity contribution in [3.05, 3.63) is 89.6 Å². The second-order valence-corrected chi connectivity index (χ2v) is 8.48. The zero-order valence-electron chi connectivity index (χ0n) is 21.5. The second-order valence-electron chi connectivity index (χ2n) is 8.48. The van der Waals surface area contributed by atoms with Gasteiger partial charge in [-0.15, -0.1) is 0 Å². The number of nitrogens with zero attached hydrogens (tertiary/aromatic N) is 2. The van der Waals surface area contributed by atoms with Crippen molar-refractivity contribution >= 4 is 11.6 Å². The van der Waals surface area contributed by atoms with E-state index in [1.165, 1.54) is 5.56 Å². The van der Waals surface area contributed by atoms with Gasteiger partial charge in [-0.2, -0.15) is 5.10 Å². The summed E-state index contributed by atoms with van der Waals surface area (Å²) in [6, 6.07) is 17.2. The summed E-state index contributed by atoms with van der Waals surface area (Å²) in [5.41, 5.74) is 2.86. The fourth-order valence-electron chi connectivity index (χ4n) is 3.86. The molecule has 8 nitrogen and oxygen atoms in total. The van der Waals surface area contributed by atoms with E-state index >= 15 is 0 Å². The number of furan rings is 1. The number of anilines is 1. The normalized spacial score (nSPS) is 10.8. The van der Waals surface area contributed by atoms with Crippen molar-refractivity contribution in [2.45, 2.75) is 46.8 Å². The van der Waals surface area contributed by atoms with Crippen LogP contribution < -0.4 is 19.5 Å². The van der Waals surface area contributed by atoms with Gasteiger partial charge in [0.15, 0.2) is 17.3 Å². The largest absolute Gasteiger partial charge is 0.490 e. The first kappa shape index (κ1) is 25.9. The molecule has 0 saturated carbocycles. The van der Waals surface area contributed by atoms with Crippen LogP contribution in [-0.2, 0) is 19.6 Å². The summed E-state index contributed by atoms with van der Waals surface area (Å²) in [5.74, 6) is 2.60. The molecule has 0 saturated heterocycles. The van der Waals surface area contributed by atoms with Crippen LogP contribution in [0.25, 0.3) is 0 Å². The molecule has 0 radical (unpaired) electrons. The number of carbonyl (C=O) groups is 1. The van der Waals surface area contributed by atoms with Crippen LogP contribution in [0.5, 0.6) is 17.2 Å². The average Bonchev–Trinajstić information content (AvgIpc) is 3.55. The third-order valence-corrected chi connectivity index (χ3v) is 5.57. The molecule has 0 aliphatic rings. The monoisotopic (exact) mass is 503 g/mol. The summed E-state index contributed by atoms with van der Waals surface area (Å²) in [7, 11) is 0. The molecule has 194 valence electrons. The minimum absolute atomic E-state index is 0.206. The number of aromatic nitrogens is 2. The van der Waals surface area contributed by atoms with E-state index in [-0.39, 0.29) is 18.3 Å². The fraction of sp³-hybridized carbons (Fsp3) is 0.310. The van der Waals surface area contributed by atoms with Gasteiger partial charge in [-0.25, -0.2) is 0 Å². The number of amides is 1. The lowest BCUT2D eigenvalue weighted by Crippen LogP contribution is -2.10. The molecule has 2 aromatic carbocycles. The van der Waals surface area contributed by atoms with E-state index in [4.69, 9.17) is 18.6 Å². The van der Waals surface area contributed by atoms with Gasteiger partial charge < -0.3 is 23.9 Å². The Kier molecular flexibility index (Phi) is 8.86. The molecular formula is C29H33N3O5. The van der Waals surface area contributed by atoms with Crippen molar-refractivity contribution in [3.8, 4) is 17.2 Å². The highest BCUT2D eigenvalue weighted by atomic mass is 16.5. The lowest BCUT2D eigenvalue weighted by Gasteiger charge is -2.12. The van der Waals surface area contributed by atoms with Crippen molar-refractivity contribution in [3.63, 3.8) is 0 Å². The summed E-state index contributed by atoms with van der Waals surface area (Å²) in [5, 5.41) is 7.18. The van der Waals surface area contributed by atoms with E-state index < -0.39 is 0 Å². The molecule has 37 heavy (non-hydrogen) atoms. The highest BCUT2D eigenvalue weighted by Crippen LogP contribution is 2.29. The number of ether oxygens (including phenoxy) is 3. The average molecular weight is 504 g/mol. The molecule has 0 fully saturated rings. The molecule has 0 bridgehead atoms. The molecular weight excluding hydrogens is 470 g/mol. The van der Waals surface area contributed by atoms with Gasteiger partial charge in [0.25, 0.3) is 5.91 Å². The first-order valence-corrected chi connectivity index (χ1v) is 12.6. The van der Waals surface area contributed by atoms with E-state index in [0.717, 1.165) is 29.9 Å². The van der Waals surface area contributed by atoms with Gasteiger partial charge in [0.1, 0.15) is 18.1 Å². The Morgan fingerprint density at radius 2 is 1.68 bits per heavy atom. The predicted octanol–water partition coefficient (Wildman–Crippen LogP) is 6.11. The third kappa shape index (κ3) is 7.16. The molecule has 8 heteroatoms. The maximum Gasteiger partial charge on any atom is 0.291 e. The number of rotatable bonds is 13. The molecule has 4 aromatic rings. The topological polar surface area (TPSA) is 87.8 Å². The smallest absolute Gasteiger partial charge is 0.291 e. The van der Waals surface area contributed by atoms with Crippen molar-refractivity contribution < 1.29 is 23.4 Å². The van der Waals surface area contributed by atoms with Gasteiger partial charge >= 0.3 is 0 Å². The van der Waals surface area contributed by atoms with Crippen molar-refractivity contribution in [2.24, 2.45) is 0 Å². The first-order chi connectivity index (χ1) is 18.1. The van der Waals surface area contributed by atoms with Gasteiger partial charge in [-0.3, -0.25) is 9.48 Å². The van der Waals surface area contributed by atoms with E-state index in [1.807, 2.05) is 44.2 Å². The maximum absolute atomic E-state index is 12.7. The van der Waals surface area contributed by atoms with Gasteiger partial charge in [-0.1, -0.05) is 31.5 Å². The summed E-state index contributed by atoms with van der Waals surface area (Å²) >= 11 is 0. The zero-order valence-corrected chi connectivity index (χ0v) is 21.5. The van der Waals surface area contributed by atoms with Crippen LogP contribution in [0.1, 0.15) is 54.6 Å². The van der Waals surface area contributed by atoms with E-state index in [9.17, 15) is 4.79 Å². The van der Waals surface area contributed by atoms with Crippen LogP contribution in [0.4, 0.5) is 5.69 Å². The first-order valence-electron chi connectivity index (χ1n) is 12.6. The molecule has 4 rings (SSSR count). The Morgan fingerprint density at radius 1 is 0.919 bits per heavy atom. The molecule has 2 heterocycles. The van der Waals surface area contributed by atoms with Crippen LogP contribution in [0.3, 0.4) is 0 Å². The molecule has 1 N–H and O–H groups in total. The van der Waals surface area contributed by atoms with Crippen molar-refractivity contribution in [2.75, 3.05) is 18.5 Å². The van der Waals surface area contributed by atoms with E-state index in [1.54, 1.807) is 29.2 Å². The number of hydrogen-bond donors (Lipinski definition) is 1. The Hall–Kier alpha value is -4.20. The van der Waals surface area contributed by atoms with Gasteiger partial charge in [0.2, 0.25) is 0 Å². The molecule has 0 aliphatic heterocycles. The van der Waals surface area contributed by atoms with Crippen LogP contribution in [0.2, 0.25) is 0 Å².